The summed E-state index contributed by atoms with van der Waals surface area (Å²) in [5, 5.41) is 11.3. The Kier molecular flexibility index (Phi) is 4.21. The molecule has 0 aromatic heterocycles. The maximum absolute atomic E-state index is 13.0. The molecule has 132 valence electrons. The summed E-state index contributed by atoms with van der Waals surface area (Å²) in [5.74, 6) is -0.810. The van der Waals surface area contributed by atoms with Gasteiger partial charge in [0.25, 0.3) is 0 Å². The zero-order valence-corrected chi connectivity index (χ0v) is 14.5. The molecule has 1 fully saturated rings. The van der Waals surface area contributed by atoms with Gasteiger partial charge >= 0.3 is 0 Å². The normalized spacial score (nSPS) is 23.0. The number of likely N-dealkylation sites (tertiary alicyclic amines) is 1. The number of benzene rings is 2. The van der Waals surface area contributed by atoms with Crippen LogP contribution >= 0.6 is 0 Å². The fourth-order valence-electron chi connectivity index (χ4n) is 3.91. The molecule has 1 saturated heterocycles. The van der Waals surface area contributed by atoms with Gasteiger partial charge in [-0.25, -0.2) is 0 Å². The van der Waals surface area contributed by atoms with Crippen molar-refractivity contribution in [3.05, 3.63) is 83.1 Å². The molecule has 1 aliphatic carbocycles. The molecule has 2 aromatic rings. The van der Waals surface area contributed by atoms with Crippen LogP contribution < -0.4 is 0 Å². The van der Waals surface area contributed by atoms with E-state index in [0.717, 1.165) is 32.4 Å². The first-order chi connectivity index (χ1) is 12.6. The SMILES string of the molecule is O=C(C1=C(N2CCCCC2)C(O)(c2ccccc2)C1=O)c1ccccc1. The van der Waals surface area contributed by atoms with Gasteiger partial charge in [0, 0.05) is 18.7 Å². The summed E-state index contributed by atoms with van der Waals surface area (Å²) >= 11 is 0. The van der Waals surface area contributed by atoms with E-state index >= 15 is 0 Å². The molecule has 0 saturated carbocycles. The highest BCUT2D eigenvalue weighted by Crippen LogP contribution is 2.46. The van der Waals surface area contributed by atoms with Crippen LogP contribution in [0.3, 0.4) is 0 Å². The van der Waals surface area contributed by atoms with E-state index in [1.165, 1.54) is 0 Å². The first-order valence-corrected chi connectivity index (χ1v) is 9.06. The van der Waals surface area contributed by atoms with Crippen LogP contribution in [0.5, 0.6) is 0 Å². The predicted octanol–water partition coefficient (Wildman–Crippen LogP) is 3.08. The van der Waals surface area contributed by atoms with Crippen LogP contribution in [0, 0.1) is 0 Å². The van der Waals surface area contributed by atoms with Crippen LogP contribution in [-0.2, 0) is 10.4 Å². The lowest BCUT2D eigenvalue weighted by Crippen LogP contribution is -2.56. The van der Waals surface area contributed by atoms with E-state index in [2.05, 4.69) is 0 Å². The van der Waals surface area contributed by atoms with Gasteiger partial charge in [0.1, 0.15) is 0 Å². The minimum atomic E-state index is -1.72. The van der Waals surface area contributed by atoms with Crippen molar-refractivity contribution in [1.29, 1.82) is 0 Å². The van der Waals surface area contributed by atoms with Crippen molar-refractivity contribution in [2.45, 2.75) is 24.9 Å². The summed E-state index contributed by atoms with van der Waals surface area (Å²) in [7, 11) is 0. The maximum atomic E-state index is 13.0. The van der Waals surface area contributed by atoms with Gasteiger partial charge in [-0.1, -0.05) is 60.7 Å². The van der Waals surface area contributed by atoms with Crippen molar-refractivity contribution in [3.8, 4) is 0 Å². The van der Waals surface area contributed by atoms with Gasteiger partial charge < -0.3 is 10.0 Å². The topological polar surface area (TPSA) is 57.6 Å². The van der Waals surface area contributed by atoms with Gasteiger partial charge in [0.2, 0.25) is 5.78 Å². The summed E-state index contributed by atoms with van der Waals surface area (Å²) in [6, 6.07) is 17.7. The maximum Gasteiger partial charge on any atom is 0.211 e. The van der Waals surface area contributed by atoms with Crippen molar-refractivity contribution >= 4 is 11.6 Å². The third-order valence-corrected chi connectivity index (χ3v) is 5.26. The van der Waals surface area contributed by atoms with Gasteiger partial charge in [0.05, 0.1) is 11.3 Å². The summed E-state index contributed by atoms with van der Waals surface area (Å²) in [5.41, 5.74) is -0.124. The molecule has 0 bridgehead atoms. The fourth-order valence-corrected chi connectivity index (χ4v) is 3.91. The van der Waals surface area contributed by atoms with Crippen LogP contribution in [0.15, 0.2) is 71.9 Å². The lowest BCUT2D eigenvalue weighted by molar-refractivity contribution is -0.137. The fraction of sp³-hybridized carbons (Fsp3) is 0.273. The summed E-state index contributed by atoms with van der Waals surface area (Å²) in [6.07, 6.45) is 3.12. The second kappa shape index (κ2) is 6.54. The number of aliphatic hydroxyl groups is 1. The zero-order chi connectivity index (χ0) is 18.1. The number of rotatable bonds is 4. The first-order valence-electron chi connectivity index (χ1n) is 9.06. The quantitative estimate of drug-likeness (QED) is 0.682. The number of carbonyl (C=O) groups excluding carboxylic acids is 2. The number of hydrogen-bond donors (Lipinski definition) is 1. The van der Waals surface area contributed by atoms with Crippen LogP contribution in [0.4, 0.5) is 0 Å². The lowest BCUT2D eigenvalue weighted by Gasteiger charge is -2.46. The van der Waals surface area contributed by atoms with E-state index in [0.29, 0.717) is 16.8 Å². The molecule has 0 spiro atoms. The average Bonchev–Trinajstić information content (AvgIpc) is 2.72. The number of hydrogen-bond acceptors (Lipinski definition) is 4. The average molecular weight is 347 g/mol. The molecule has 1 heterocycles. The number of nitrogens with zero attached hydrogens (tertiary/aromatic N) is 1. The van der Waals surface area contributed by atoms with Crippen molar-refractivity contribution in [1.82, 2.24) is 4.90 Å². The lowest BCUT2D eigenvalue weighted by atomic mass is 9.68. The standard InChI is InChI=1S/C22H21NO3/c24-19(16-10-4-1-5-11-16)18-20(23-14-8-3-9-15-23)22(26,21(18)25)17-12-6-2-7-13-17/h1-2,4-7,10-13,26H,3,8-9,14-15H2. The van der Waals surface area contributed by atoms with Gasteiger partial charge in [0.15, 0.2) is 11.4 Å². The van der Waals surface area contributed by atoms with Gasteiger partial charge in [-0.2, -0.15) is 0 Å². The second-order valence-corrected chi connectivity index (χ2v) is 6.87. The van der Waals surface area contributed by atoms with Gasteiger partial charge in [-0.15, -0.1) is 0 Å². The van der Waals surface area contributed by atoms with Gasteiger partial charge in [-0.3, -0.25) is 9.59 Å². The highest BCUT2D eigenvalue weighted by molar-refractivity contribution is 6.34. The van der Waals surface area contributed by atoms with E-state index in [1.807, 2.05) is 17.0 Å². The second-order valence-electron chi connectivity index (χ2n) is 6.87. The van der Waals surface area contributed by atoms with Crippen LogP contribution in [0.2, 0.25) is 0 Å². The largest absolute Gasteiger partial charge is 0.372 e. The molecule has 2 aromatic carbocycles. The molecular weight excluding hydrogens is 326 g/mol. The Hall–Kier alpha value is -2.72. The molecule has 1 unspecified atom stereocenters. The minimum Gasteiger partial charge on any atom is -0.372 e. The van der Waals surface area contributed by atoms with Crippen LogP contribution in [-0.4, -0.2) is 34.7 Å². The van der Waals surface area contributed by atoms with E-state index in [4.69, 9.17) is 0 Å². The molecule has 2 aliphatic rings. The molecule has 26 heavy (non-hydrogen) atoms. The van der Waals surface area contributed by atoms with Crippen LogP contribution in [0.25, 0.3) is 0 Å². The van der Waals surface area contributed by atoms with E-state index in [1.54, 1.807) is 48.5 Å². The Bertz CT molecular complexity index is 867. The third-order valence-electron chi connectivity index (χ3n) is 5.26. The van der Waals surface area contributed by atoms with E-state index < -0.39 is 11.4 Å². The molecule has 1 N–H and O–H groups in total. The van der Waals surface area contributed by atoms with Crippen molar-refractivity contribution < 1.29 is 14.7 Å². The molecule has 4 rings (SSSR count). The molecular formula is C22H21NO3. The highest BCUT2D eigenvalue weighted by Gasteiger charge is 2.58. The van der Waals surface area contributed by atoms with Crippen molar-refractivity contribution in [2.24, 2.45) is 0 Å². The number of ketones is 2. The number of carbonyl (C=O) groups is 2. The smallest absolute Gasteiger partial charge is 0.211 e. The summed E-state index contributed by atoms with van der Waals surface area (Å²) < 4.78 is 0. The molecule has 0 amide bonds. The predicted molar refractivity (Wildman–Crippen MR) is 98.6 cm³/mol. The first kappa shape index (κ1) is 16.7. The van der Waals surface area contributed by atoms with Crippen LogP contribution in [0.1, 0.15) is 35.2 Å². The Morgan fingerprint density at radius 2 is 1.46 bits per heavy atom. The molecule has 4 nitrogen and oxygen atoms in total. The Morgan fingerprint density at radius 3 is 2.08 bits per heavy atom. The molecule has 0 radical (unpaired) electrons. The highest BCUT2D eigenvalue weighted by atomic mass is 16.3. The summed E-state index contributed by atoms with van der Waals surface area (Å²) in [4.78, 5) is 28.0. The minimum absolute atomic E-state index is 0.129. The molecule has 1 aliphatic heterocycles. The number of Topliss-reactive ketones (excluding diaryl/α,β-unsaturated/α-hetero) is 2. The zero-order valence-electron chi connectivity index (χ0n) is 14.5. The van der Waals surface area contributed by atoms with E-state index in [-0.39, 0.29) is 11.4 Å². The van der Waals surface area contributed by atoms with Crippen molar-refractivity contribution in [2.75, 3.05) is 13.1 Å². The Labute approximate surface area is 152 Å². The third kappa shape index (κ3) is 2.49. The Balaban J connectivity index is 1.83. The molecule has 1 atom stereocenters. The van der Waals surface area contributed by atoms with E-state index in [9.17, 15) is 14.7 Å². The van der Waals surface area contributed by atoms with Gasteiger partial charge in [-0.05, 0) is 24.8 Å². The monoisotopic (exact) mass is 347 g/mol. The summed E-state index contributed by atoms with van der Waals surface area (Å²) in [6.45, 7) is 1.51. The molecule has 4 heteroatoms. The van der Waals surface area contributed by atoms with Crippen molar-refractivity contribution in [3.63, 3.8) is 0 Å². The Morgan fingerprint density at radius 1 is 0.885 bits per heavy atom. The number of piperidine rings is 1.